The van der Waals surface area contributed by atoms with Crippen LogP contribution in [0.3, 0.4) is 0 Å². The summed E-state index contributed by atoms with van der Waals surface area (Å²) in [6, 6.07) is -0.875. The molecule has 2 aromatic rings. The van der Waals surface area contributed by atoms with Gasteiger partial charge in [0, 0.05) is 19.9 Å². The number of ether oxygens (including phenoxy) is 1. The van der Waals surface area contributed by atoms with Crippen LogP contribution in [0, 0.1) is 0 Å². The molecule has 2 N–H and O–H groups in total. The van der Waals surface area contributed by atoms with Crippen LogP contribution in [0.5, 0.6) is 0 Å². The number of hydrogen-bond acceptors (Lipinski definition) is 12. The molecule has 2 aromatic heterocycles. The normalized spacial score (nSPS) is 21.2. The molecular formula is C16H18N8O6S2. The fourth-order valence-corrected chi connectivity index (χ4v) is 5.33. The summed E-state index contributed by atoms with van der Waals surface area (Å²) >= 11 is 5.81. The highest BCUT2D eigenvalue weighted by Crippen LogP contribution is 2.44. The summed E-state index contributed by atoms with van der Waals surface area (Å²) in [5, 5.41) is 26.0. The zero-order chi connectivity index (χ0) is 23.0. The summed E-state index contributed by atoms with van der Waals surface area (Å²) in [4.78, 5) is 42.3. The average molecular weight is 483 g/mol. The highest BCUT2D eigenvalue weighted by atomic mass is 32.2. The number of carboxylic acid groups (broad SMARTS) is 1. The van der Waals surface area contributed by atoms with Crippen molar-refractivity contribution in [1.82, 2.24) is 40.6 Å². The SMILES string of the molecule is COCc1noc(CC(=O)NC2C(=O)N3C(C(=O)O)=C(C(S)c4nnnn4C)CS[C@H]23)n1. The number of rotatable bonds is 8. The molecule has 2 amide bonds. The number of aryl methyl sites for hydroxylation is 1. The molecule has 1 saturated heterocycles. The second-order valence-electron chi connectivity index (χ2n) is 6.91. The number of nitrogens with zero attached hydrogens (tertiary/aromatic N) is 7. The number of fused-ring (bicyclic) bond motifs is 1. The molecule has 0 aliphatic carbocycles. The van der Waals surface area contributed by atoms with Crippen molar-refractivity contribution in [1.29, 1.82) is 0 Å². The molecule has 16 heteroatoms. The second-order valence-corrected chi connectivity index (χ2v) is 8.53. The zero-order valence-electron chi connectivity index (χ0n) is 16.8. The van der Waals surface area contributed by atoms with Gasteiger partial charge in [0.15, 0.2) is 11.6 Å². The van der Waals surface area contributed by atoms with Gasteiger partial charge in [-0.2, -0.15) is 17.6 Å². The van der Waals surface area contributed by atoms with E-state index in [-0.39, 0.29) is 30.4 Å². The van der Waals surface area contributed by atoms with Crippen LogP contribution in [0.25, 0.3) is 0 Å². The smallest absolute Gasteiger partial charge is 0.352 e. The van der Waals surface area contributed by atoms with Gasteiger partial charge in [0.2, 0.25) is 11.8 Å². The number of carboxylic acids is 1. The first-order valence-electron chi connectivity index (χ1n) is 9.23. The van der Waals surface area contributed by atoms with E-state index in [4.69, 9.17) is 9.26 Å². The summed E-state index contributed by atoms with van der Waals surface area (Å²) < 4.78 is 11.2. The Bertz CT molecular complexity index is 1100. The van der Waals surface area contributed by atoms with Crippen LogP contribution >= 0.6 is 24.4 Å². The van der Waals surface area contributed by atoms with Crippen molar-refractivity contribution in [2.75, 3.05) is 12.9 Å². The van der Waals surface area contributed by atoms with Gasteiger partial charge in [-0.3, -0.25) is 14.5 Å². The summed E-state index contributed by atoms with van der Waals surface area (Å²) in [5.41, 5.74) is 0.225. The van der Waals surface area contributed by atoms with Crippen molar-refractivity contribution >= 4 is 42.2 Å². The number of aromatic nitrogens is 6. The highest BCUT2D eigenvalue weighted by molar-refractivity contribution is 8.00. The maximum atomic E-state index is 12.8. The number of thioether (sulfide) groups is 1. The van der Waals surface area contributed by atoms with Gasteiger partial charge in [-0.25, -0.2) is 9.48 Å². The molecule has 2 aliphatic rings. The third-order valence-electron chi connectivity index (χ3n) is 4.84. The summed E-state index contributed by atoms with van der Waals surface area (Å²) in [6.45, 7) is 0.142. The lowest BCUT2D eigenvalue weighted by Crippen LogP contribution is -2.70. The predicted molar refractivity (Wildman–Crippen MR) is 109 cm³/mol. The third kappa shape index (κ3) is 3.95. The van der Waals surface area contributed by atoms with Crippen LogP contribution in [0.15, 0.2) is 15.8 Å². The Labute approximate surface area is 190 Å². The number of methoxy groups -OCH3 is 1. The first-order chi connectivity index (χ1) is 15.3. The van der Waals surface area contributed by atoms with Gasteiger partial charge < -0.3 is 19.7 Å². The number of β-lactam (4-membered cyclic amide) rings is 1. The summed E-state index contributed by atoms with van der Waals surface area (Å²) in [6.07, 6.45) is -0.220. The van der Waals surface area contributed by atoms with Gasteiger partial charge in [-0.15, -0.1) is 16.9 Å². The van der Waals surface area contributed by atoms with Gasteiger partial charge in [-0.05, 0) is 16.0 Å². The molecule has 2 aliphatic heterocycles. The molecule has 32 heavy (non-hydrogen) atoms. The topological polar surface area (TPSA) is 178 Å². The van der Waals surface area contributed by atoms with E-state index in [1.807, 2.05) is 0 Å². The molecule has 0 spiro atoms. The second kappa shape index (κ2) is 8.87. The molecule has 3 atom stereocenters. The molecule has 0 saturated carbocycles. The van der Waals surface area contributed by atoms with Crippen LogP contribution < -0.4 is 5.32 Å². The molecule has 2 unspecified atom stereocenters. The first-order valence-corrected chi connectivity index (χ1v) is 10.8. The molecule has 4 heterocycles. The van der Waals surface area contributed by atoms with Crippen molar-refractivity contribution in [3.05, 3.63) is 28.8 Å². The number of hydrogen-bond donors (Lipinski definition) is 3. The van der Waals surface area contributed by atoms with E-state index in [0.29, 0.717) is 17.2 Å². The molecule has 0 bridgehead atoms. The maximum Gasteiger partial charge on any atom is 0.352 e. The standard InChI is InChI=1S/C16H18N8O6S2/c1-23-13(19-21-22-23)12(31)6-5-32-15-10(14(26)24(15)11(6)16(27)28)18-8(25)3-9-17-7(4-29-2)20-30-9/h10,12,15,31H,3-5H2,1-2H3,(H,18,25)(H,27,28)/t10?,12?,15-/m1/s1. The lowest BCUT2D eigenvalue weighted by atomic mass is 10.0. The number of nitrogens with one attached hydrogen (secondary N) is 1. The summed E-state index contributed by atoms with van der Waals surface area (Å²) in [7, 11) is 3.09. The van der Waals surface area contributed by atoms with Crippen molar-refractivity contribution in [2.45, 2.75) is 29.7 Å². The largest absolute Gasteiger partial charge is 0.477 e. The van der Waals surface area contributed by atoms with Crippen LogP contribution in [0.2, 0.25) is 0 Å². The van der Waals surface area contributed by atoms with E-state index in [1.165, 1.54) is 23.6 Å². The van der Waals surface area contributed by atoms with Crippen molar-refractivity contribution < 1.29 is 28.8 Å². The van der Waals surface area contributed by atoms with Crippen molar-refractivity contribution in [3.8, 4) is 0 Å². The van der Waals surface area contributed by atoms with Crippen molar-refractivity contribution in [2.24, 2.45) is 7.05 Å². The summed E-state index contributed by atoms with van der Waals surface area (Å²) in [5.74, 6) is -1.30. The van der Waals surface area contributed by atoms with Gasteiger partial charge in [0.25, 0.3) is 5.91 Å². The minimum Gasteiger partial charge on any atom is -0.477 e. The van der Waals surface area contributed by atoms with Crippen LogP contribution in [-0.2, 0) is 39.2 Å². The minimum absolute atomic E-state index is 0.0816. The highest BCUT2D eigenvalue weighted by Gasteiger charge is 2.54. The zero-order valence-corrected chi connectivity index (χ0v) is 18.5. The Hall–Kier alpha value is -2.98. The van der Waals surface area contributed by atoms with E-state index in [9.17, 15) is 19.5 Å². The Morgan fingerprint density at radius 2 is 2.25 bits per heavy atom. The Kier molecular flexibility index (Phi) is 6.16. The molecule has 0 radical (unpaired) electrons. The van der Waals surface area contributed by atoms with E-state index in [2.05, 4.69) is 43.6 Å². The molecular weight excluding hydrogens is 464 g/mol. The van der Waals surface area contributed by atoms with Gasteiger partial charge in [-0.1, -0.05) is 5.16 Å². The fourth-order valence-electron chi connectivity index (χ4n) is 3.39. The lowest BCUT2D eigenvalue weighted by Gasteiger charge is -2.49. The van der Waals surface area contributed by atoms with E-state index >= 15 is 0 Å². The van der Waals surface area contributed by atoms with Crippen LogP contribution in [0.1, 0.15) is 22.8 Å². The number of carbonyl (C=O) groups excluding carboxylic acids is 2. The average Bonchev–Trinajstić information content (AvgIpc) is 3.39. The number of amides is 2. The first kappa shape index (κ1) is 22.2. The number of carbonyl (C=O) groups is 3. The van der Waals surface area contributed by atoms with E-state index < -0.39 is 34.4 Å². The lowest BCUT2D eigenvalue weighted by molar-refractivity contribution is -0.150. The molecule has 170 valence electrons. The molecule has 4 rings (SSSR count). The Morgan fingerprint density at radius 1 is 1.47 bits per heavy atom. The Balaban J connectivity index is 1.47. The number of thiol groups is 1. The fraction of sp³-hybridized carbons (Fsp3) is 0.500. The third-order valence-corrected chi connectivity index (χ3v) is 6.68. The molecule has 14 nitrogen and oxygen atoms in total. The predicted octanol–water partition coefficient (Wildman–Crippen LogP) is -1.31. The minimum atomic E-state index is -1.27. The van der Waals surface area contributed by atoms with Crippen molar-refractivity contribution in [3.63, 3.8) is 0 Å². The van der Waals surface area contributed by atoms with E-state index in [0.717, 1.165) is 4.90 Å². The van der Waals surface area contributed by atoms with Gasteiger partial charge in [0.1, 0.15) is 30.1 Å². The molecule has 1 fully saturated rings. The Morgan fingerprint density at radius 3 is 2.91 bits per heavy atom. The maximum absolute atomic E-state index is 12.8. The van der Waals surface area contributed by atoms with Crippen LogP contribution in [-0.4, -0.2) is 82.4 Å². The number of tetrazole rings is 1. The van der Waals surface area contributed by atoms with Gasteiger partial charge in [0.05, 0.1) is 5.25 Å². The van der Waals surface area contributed by atoms with E-state index in [1.54, 1.807) is 7.05 Å². The van der Waals surface area contributed by atoms with Gasteiger partial charge >= 0.3 is 5.97 Å². The van der Waals surface area contributed by atoms with Crippen LogP contribution in [0.4, 0.5) is 0 Å². The monoisotopic (exact) mass is 482 g/mol. The number of aliphatic carboxylic acids is 1. The molecule has 0 aromatic carbocycles. The quantitative estimate of drug-likeness (QED) is 0.299.